The summed E-state index contributed by atoms with van der Waals surface area (Å²) in [4.78, 5) is 58.3. The summed E-state index contributed by atoms with van der Waals surface area (Å²) in [5.41, 5.74) is 3.21. The number of halogens is 1. The van der Waals surface area contributed by atoms with Crippen molar-refractivity contribution < 1.29 is 23.9 Å². The van der Waals surface area contributed by atoms with Crippen molar-refractivity contribution in [3.05, 3.63) is 92.9 Å². The third kappa shape index (κ3) is 7.46. The predicted octanol–water partition coefficient (Wildman–Crippen LogP) is 6.63. The third-order valence-electron chi connectivity index (χ3n) is 9.20. The molecule has 2 aromatic heterocycles. The Bertz CT molecular complexity index is 1940. The Morgan fingerprint density at radius 1 is 0.959 bits per heavy atom. The lowest BCUT2D eigenvalue weighted by molar-refractivity contribution is 0.00682. The number of benzene rings is 2. The minimum absolute atomic E-state index is 0.00502. The van der Waals surface area contributed by atoms with Crippen LogP contribution in [0, 0.1) is 12.8 Å². The molecule has 4 aromatic rings. The van der Waals surface area contributed by atoms with Gasteiger partial charge in [-0.2, -0.15) is 5.10 Å². The number of nitrogens with zero attached hydrogens (tertiary/aromatic N) is 3. The number of carbonyl (C=O) groups is 4. The van der Waals surface area contributed by atoms with Gasteiger partial charge < -0.3 is 20.7 Å². The Labute approximate surface area is 290 Å². The molecular formula is C37H41ClN6O5. The van der Waals surface area contributed by atoms with Crippen molar-refractivity contribution in [3.8, 4) is 0 Å². The first-order chi connectivity index (χ1) is 23.4. The molecule has 1 atom stereocenters. The van der Waals surface area contributed by atoms with E-state index in [-0.39, 0.29) is 34.6 Å². The minimum Gasteiger partial charge on any atom is -0.456 e. The van der Waals surface area contributed by atoms with Crippen molar-refractivity contribution in [1.29, 1.82) is 0 Å². The summed E-state index contributed by atoms with van der Waals surface area (Å²) in [7, 11) is 0. The van der Waals surface area contributed by atoms with Gasteiger partial charge in [-0.15, -0.1) is 0 Å². The summed E-state index contributed by atoms with van der Waals surface area (Å²) in [5, 5.41) is 13.6. The van der Waals surface area contributed by atoms with Crippen molar-refractivity contribution >= 4 is 46.6 Å². The fourth-order valence-corrected chi connectivity index (χ4v) is 6.87. The van der Waals surface area contributed by atoms with Crippen LogP contribution in [0.3, 0.4) is 0 Å². The first-order valence-electron chi connectivity index (χ1n) is 16.8. The molecule has 0 radical (unpaired) electrons. The molecule has 256 valence electrons. The number of aromatic nitrogens is 3. The first-order valence-corrected chi connectivity index (χ1v) is 17.2. The van der Waals surface area contributed by atoms with E-state index in [1.807, 2.05) is 33.8 Å². The first kappa shape index (κ1) is 34.1. The van der Waals surface area contributed by atoms with E-state index < -0.39 is 23.3 Å². The van der Waals surface area contributed by atoms with Crippen molar-refractivity contribution in [2.45, 2.75) is 84.3 Å². The van der Waals surface area contributed by atoms with Crippen LogP contribution in [0.5, 0.6) is 0 Å². The molecule has 1 saturated carbocycles. The fraction of sp³-hybridized carbons (Fsp3) is 0.405. The largest absolute Gasteiger partial charge is 0.456 e. The maximum Gasteiger partial charge on any atom is 0.338 e. The lowest BCUT2D eigenvalue weighted by Gasteiger charge is -2.21. The van der Waals surface area contributed by atoms with Gasteiger partial charge in [0.2, 0.25) is 0 Å². The van der Waals surface area contributed by atoms with Gasteiger partial charge in [0.25, 0.3) is 17.7 Å². The highest BCUT2D eigenvalue weighted by molar-refractivity contribution is 6.34. The molecule has 0 unspecified atom stereocenters. The molecule has 6 rings (SSSR count). The van der Waals surface area contributed by atoms with Gasteiger partial charge in [-0.05, 0) is 94.2 Å². The average molecular weight is 685 g/mol. The van der Waals surface area contributed by atoms with Crippen molar-refractivity contribution in [2.75, 3.05) is 11.9 Å². The molecule has 49 heavy (non-hydrogen) atoms. The molecule has 2 aromatic carbocycles. The Morgan fingerprint density at radius 2 is 1.71 bits per heavy atom. The van der Waals surface area contributed by atoms with E-state index in [0.717, 1.165) is 42.4 Å². The van der Waals surface area contributed by atoms with Gasteiger partial charge in [0.05, 0.1) is 28.5 Å². The van der Waals surface area contributed by atoms with E-state index in [1.54, 1.807) is 30.3 Å². The molecule has 3 N–H and O–H groups in total. The highest BCUT2D eigenvalue weighted by atomic mass is 35.5. The van der Waals surface area contributed by atoms with E-state index in [1.165, 1.54) is 23.2 Å². The molecule has 12 heteroatoms. The number of hydrogen-bond donors (Lipinski definition) is 3. The van der Waals surface area contributed by atoms with Crippen LogP contribution in [0.1, 0.15) is 124 Å². The molecule has 11 nitrogen and oxygen atoms in total. The van der Waals surface area contributed by atoms with Crippen molar-refractivity contribution in [3.63, 3.8) is 0 Å². The number of anilines is 1. The number of hydrogen-bond acceptors (Lipinski definition) is 7. The van der Waals surface area contributed by atoms with Crippen LogP contribution in [0.25, 0.3) is 5.65 Å². The zero-order valence-electron chi connectivity index (χ0n) is 28.2. The lowest BCUT2D eigenvalue weighted by atomic mass is 9.89. The van der Waals surface area contributed by atoms with Crippen LogP contribution in [-0.2, 0) is 11.2 Å². The number of nitrogens with one attached hydrogen (secondary N) is 3. The SMILES string of the molecule is Cc1c(C(=O)OC(C)(C)C)ccc2c1CC[C@@H]2NC(=O)c1cc(C(=O)NCC2CCCCC2)nc2c(C(=O)Nc3ccccc3Cl)cnn12. The van der Waals surface area contributed by atoms with Gasteiger partial charge in [0.15, 0.2) is 5.65 Å². The van der Waals surface area contributed by atoms with Crippen LogP contribution in [-0.4, -0.2) is 50.4 Å². The zero-order chi connectivity index (χ0) is 34.9. The molecule has 0 aliphatic heterocycles. The van der Waals surface area contributed by atoms with Crippen molar-refractivity contribution in [2.24, 2.45) is 5.92 Å². The molecular weight excluding hydrogens is 644 g/mol. The van der Waals surface area contributed by atoms with Crippen LogP contribution in [0.4, 0.5) is 5.69 Å². The second-order valence-corrected chi connectivity index (χ2v) is 14.2. The summed E-state index contributed by atoms with van der Waals surface area (Å²) >= 11 is 6.28. The summed E-state index contributed by atoms with van der Waals surface area (Å²) in [6.45, 7) is 7.89. The van der Waals surface area contributed by atoms with E-state index in [2.05, 4.69) is 26.0 Å². The third-order valence-corrected chi connectivity index (χ3v) is 9.53. The van der Waals surface area contributed by atoms with Gasteiger partial charge in [-0.1, -0.05) is 49.1 Å². The van der Waals surface area contributed by atoms with Crippen LogP contribution >= 0.6 is 11.6 Å². The highest BCUT2D eigenvalue weighted by Gasteiger charge is 2.31. The summed E-state index contributed by atoms with van der Waals surface area (Å²) in [5.74, 6) is -1.46. The quantitative estimate of drug-likeness (QED) is 0.177. The molecule has 0 saturated heterocycles. The number of rotatable bonds is 8. The van der Waals surface area contributed by atoms with E-state index >= 15 is 0 Å². The number of carbonyl (C=O) groups excluding carboxylic acids is 4. The second kappa shape index (κ2) is 14.0. The van der Waals surface area contributed by atoms with Gasteiger partial charge in [0.1, 0.15) is 22.6 Å². The number of amides is 3. The minimum atomic E-state index is -0.623. The molecule has 0 bridgehead atoms. The number of esters is 1. The van der Waals surface area contributed by atoms with Gasteiger partial charge in [-0.25, -0.2) is 14.3 Å². The Balaban J connectivity index is 1.30. The van der Waals surface area contributed by atoms with Crippen LogP contribution in [0.2, 0.25) is 5.02 Å². The molecule has 2 heterocycles. The van der Waals surface area contributed by atoms with Gasteiger partial charge in [-0.3, -0.25) is 14.4 Å². The van der Waals surface area contributed by atoms with E-state index in [0.29, 0.717) is 41.6 Å². The monoisotopic (exact) mass is 684 g/mol. The fourth-order valence-electron chi connectivity index (χ4n) is 6.69. The Kier molecular flexibility index (Phi) is 9.74. The summed E-state index contributed by atoms with van der Waals surface area (Å²) in [6.07, 6.45) is 8.19. The number of ether oxygens (including phenoxy) is 1. The van der Waals surface area contributed by atoms with E-state index in [4.69, 9.17) is 16.3 Å². The standard InChI is InChI=1S/C37H41ClN6O5/c1-21-23-16-17-28(25(23)15-14-24(21)36(48)49-37(2,3)4)42-35(47)31-18-30(34(46)39-19-22-10-6-5-7-11-22)41-32-26(20-40-44(31)32)33(45)43-29-13-9-8-12-27(29)38/h8-9,12-15,18,20,22,28H,5-7,10-11,16-17,19H2,1-4H3,(H,39,46)(H,42,47)(H,43,45)/t28-/m0/s1. The summed E-state index contributed by atoms with van der Waals surface area (Å²) < 4.78 is 6.88. The smallest absolute Gasteiger partial charge is 0.338 e. The van der Waals surface area contributed by atoms with Gasteiger partial charge >= 0.3 is 5.97 Å². The lowest BCUT2D eigenvalue weighted by Crippen LogP contribution is -2.33. The number of fused-ring (bicyclic) bond motifs is 2. The second-order valence-electron chi connectivity index (χ2n) is 13.8. The number of para-hydroxylation sites is 1. The van der Waals surface area contributed by atoms with Crippen molar-refractivity contribution in [1.82, 2.24) is 25.2 Å². The Morgan fingerprint density at radius 3 is 2.45 bits per heavy atom. The van der Waals surface area contributed by atoms with Crippen LogP contribution < -0.4 is 16.0 Å². The predicted molar refractivity (Wildman–Crippen MR) is 186 cm³/mol. The van der Waals surface area contributed by atoms with Crippen LogP contribution in [0.15, 0.2) is 48.7 Å². The topological polar surface area (TPSA) is 144 Å². The highest BCUT2D eigenvalue weighted by Crippen LogP contribution is 2.35. The maximum absolute atomic E-state index is 14.0. The summed E-state index contributed by atoms with van der Waals surface area (Å²) in [6, 6.07) is 11.5. The molecule has 3 amide bonds. The normalized spacial score (nSPS) is 16.2. The zero-order valence-corrected chi connectivity index (χ0v) is 28.9. The van der Waals surface area contributed by atoms with Gasteiger partial charge in [0, 0.05) is 12.6 Å². The molecule has 0 spiro atoms. The molecule has 2 aliphatic rings. The Hall–Kier alpha value is -4.77. The molecule has 1 fully saturated rings. The van der Waals surface area contributed by atoms with E-state index in [9.17, 15) is 19.2 Å². The molecule has 2 aliphatic carbocycles. The maximum atomic E-state index is 14.0. The average Bonchev–Trinajstić information content (AvgIpc) is 3.69.